The van der Waals surface area contributed by atoms with Crippen LogP contribution in [0.1, 0.15) is 23.1 Å². The van der Waals surface area contributed by atoms with Crippen molar-refractivity contribution in [1.29, 1.82) is 0 Å². The predicted octanol–water partition coefficient (Wildman–Crippen LogP) is 2.38. The zero-order chi connectivity index (χ0) is 25.2. The number of benzene rings is 2. The summed E-state index contributed by atoms with van der Waals surface area (Å²) in [5.41, 5.74) is 13.0. The number of nitrogens with zero attached hydrogens (tertiary/aromatic N) is 5. The van der Waals surface area contributed by atoms with Gasteiger partial charge < -0.3 is 19.3 Å². The maximum atomic E-state index is 13.6. The molecule has 0 radical (unpaired) electrons. The largest absolute Gasteiger partial charge is 0.494 e. The van der Waals surface area contributed by atoms with Crippen LogP contribution in [-0.2, 0) is 27.2 Å². The van der Waals surface area contributed by atoms with E-state index < -0.39 is 5.54 Å². The zero-order valence-corrected chi connectivity index (χ0v) is 20.0. The Bertz CT molecular complexity index is 1110. The highest BCUT2D eigenvalue weighted by Gasteiger charge is 2.45. The van der Waals surface area contributed by atoms with E-state index in [0.29, 0.717) is 51.0 Å². The summed E-state index contributed by atoms with van der Waals surface area (Å²) >= 11 is 0. The second-order valence-electron chi connectivity index (χ2n) is 8.56. The third-order valence-corrected chi connectivity index (χ3v) is 6.03. The normalized spacial score (nSPS) is 19.6. The van der Waals surface area contributed by atoms with Crippen molar-refractivity contribution in [1.82, 2.24) is 10.4 Å². The fraction of sp³-hybridized carbons (Fsp3) is 0.440. The van der Waals surface area contributed by atoms with Gasteiger partial charge in [-0.25, -0.2) is 10.0 Å². The standard InChI is InChI=1S/C25H30N6O5/c26-30-27-17-21-5-2-1-4-20(21)16-25(24(33)29-31-10-14-34-15-11-31)18-36-23(28-25)19-6-8-22(9-7-19)35-13-3-12-32/h1-2,4-9,32H,3,10-18H2,(H,29,33)/t25-/m0/s1. The molecule has 0 spiro atoms. The van der Waals surface area contributed by atoms with E-state index in [1.807, 2.05) is 53.5 Å². The third-order valence-electron chi connectivity index (χ3n) is 6.03. The number of amides is 1. The fourth-order valence-corrected chi connectivity index (χ4v) is 4.06. The summed E-state index contributed by atoms with van der Waals surface area (Å²) in [6, 6.07) is 14.8. The highest BCUT2D eigenvalue weighted by atomic mass is 16.5. The molecule has 2 heterocycles. The number of morpholine rings is 1. The van der Waals surface area contributed by atoms with Crippen LogP contribution in [0.15, 0.2) is 58.6 Å². The number of azide groups is 1. The van der Waals surface area contributed by atoms with Crippen molar-refractivity contribution in [2.24, 2.45) is 10.1 Å². The third kappa shape index (κ3) is 6.32. The molecular weight excluding hydrogens is 464 g/mol. The molecule has 0 aromatic heterocycles. The average molecular weight is 495 g/mol. The van der Waals surface area contributed by atoms with Crippen molar-refractivity contribution in [2.75, 3.05) is 46.1 Å². The Labute approximate surface area is 209 Å². The summed E-state index contributed by atoms with van der Waals surface area (Å²) in [4.78, 5) is 21.3. The van der Waals surface area contributed by atoms with Crippen LogP contribution >= 0.6 is 0 Å². The SMILES string of the molecule is [N-]=[N+]=NCc1ccccc1C[C@@]1(C(=O)NN2CCOCC2)COC(c2ccc(OCCCO)cc2)=N1. The Hall–Kier alpha value is -3.63. The first-order valence-electron chi connectivity index (χ1n) is 11.9. The molecule has 1 saturated heterocycles. The lowest BCUT2D eigenvalue weighted by molar-refractivity contribution is -0.133. The molecule has 0 bridgehead atoms. The Balaban J connectivity index is 1.60. The van der Waals surface area contributed by atoms with Gasteiger partial charge in [0, 0.05) is 43.0 Å². The van der Waals surface area contributed by atoms with Crippen molar-refractivity contribution >= 4 is 11.8 Å². The minimum Gasteiger partial charge on any atom is -0.494 e. The zero-order valence-electron chi connectivity index (χ0n) is 20.0. The van der Waals surface area contributed by atoms with Crippen molar-refractivity contribution < 1.29 is 24.1 Å². The average Bonchev–Trinajstić information content (AvgIpc) is 3.35. The number of aliphatic hydroxyl groups is 1. The molecule has 2 aliphatic heterocycles. The Morgan fingerprint density at radius 1 is 1.19 bits per heavy atom. The second kappa shape index (κ2) is 12.4. The Morgan fingerprint density at radius 2 is 1.94 bits per heavy atom. The van der Waals surface area contributed by atoms with E-state index in [9.17, 15) is 4.79 Å². The molecular formula is C25H30N6O5. The first kappa shape index (κ1) is 25.5. The molecule has 2 N–H and O–H groups in total. The number of carbonyl (C=O) groups is 1. The van der Waals surface area contributed by atoms with Crippen LogP contribution in [0.4, 0.5) is 0 Å². The van der Waals surface area contributed by atoms with Gasteiger partial charge in [0.05, 0.1) is 26.4 Å². The van der Waals surface area contributed by atoms with Crippen LogP contribution in [0, 0.1) is 0 Å². The molecule has 1 atom stereocenters. The van der Waals surface area contributed by atoms with Crippen molar-refractivity contribution in [3.8, 4) is 5.75 Å². The highest BCUT2D eigenvalue weighted by Crippen LogP contribution is 2.29. The maximum Gasteiger partial charge on any atom is 0.266 e. The van der Waals surface area contributed by atoms with Gasteiger partial charge in [0.2, 0.25) is 5.90 Å². The van der Waals surface area contributed by atoms with Gasteiger partial charge >= 0.3 is 0 Å². The van der Waals surface area contributed by atoms with E-state index in [1.54, 1.807) is 0 Å². The van der Waals surface area contributed by atoms with Gasteiger partial charge in [-0.1, -0.05) is 29.4 Å². The molecule has 36 heavy (non-hydrogen) atoms. The summed E-state index contributed by atoms with van der Waals surface area (Å²) in [5.74, 6) is 0.789. The molecule has 4 rings (SSSR count). The predicted molar refractivity (Wildman–Crippen MR) is 132 cm³/mol. The van der Waals surface area contributed by atoms with Crippen LogP contribution in [0.2, 0.25) is 0 Å². The fourth-order valence-electron chi connectivity index (χ4n) is 4.06. The first-order chi connectivity index (χ1) is 17.6. The van der Waals surface area contributed by atoms with Crippen LogP contribution in [0.3, 0.4) is 0 Å². The minimum absolute atomic E-state index is 0.0725. The summed E-state index contributed by atoms with van der Waals surface area (Å²) in [7, 11) is 0. The number of aliphatic imine (C=N–C) groups is 1. The molecule has 0 saturated carbocycles. The molecule has 11 heteroatoms. The van der Waals surface area contributed by atoms with Gasteiger partial charge in [0.25, 0.3) is 5.91 Å². The molecule has 11 nitrogen and oxygen atoms in total. The Kier molecular flexibility index (Phi) is 8.75. The van der Waals surface area contributed by atoms with E-state index in [2.05, 4.69) is 15.5 Å². The summed E-state index contributed by atoms with van der Waals surface area (Å²) < 4.78 is 17.0. The number of rotatable bonds is 11. The summed E-state index contributed by atoms with van der Waals surface area (Å²) in [6.45, 7) is 3.01. The Morgan fingerprint density at radius 3 is 2.67 bits per heavy atom. The van der Waals surface area contributed by atoms with Gasteiger partial charge in [-0.3, -0.25) is 10.2 Å². The lowest BCUT2D eigenvalue weighted by Crippen LogP contribution is -2.56. The van der Waals surface area contributed by atoms with Crippen molar-refractivity contribution in [2.45, 2.75) is 24.9 Å². The molecule has 2 aromatic carbocycles. The van der Waals surface area contributed by atoms with Gasteiger partial charge in [-0.2, -0.15) is 0 Å². The monoisotopic (exact) mass is 494 g/mol. The van der Waals surface area contributed by atoms with Crippen LogP contribution in [0.5, 0.6) is 5.75 Å². The van der Waals surface area contributed by atoms with E-state index in [4.69, 9.17) is 29.8 Å². The van der Waals surface area contributed by atoms with Gasteiger partial charge in [0.15, 0.2) is 5.54 Å². The molecule has 1 amide bonds. The van der Waals surface area contributed by atoms with Gasteiger partial charge in [0.1, 0.15) is 12.4 Å². The number of aliphatic hydroxyl groups excluding tert-OH is 1. The molecule has 190 valence electrons. The smallest absolute Gasteiger partial charge is 0.266 e. The topological polar surface area (TPSA) is 141 Å². The van der Waals surface area contributed by atoms with E-state index in [-0.39, 0.29) is 32.1 Å². The molecule has 2 aliphatic rings. The van der Waals surface area contributed by atoms with Gasteiger partial charge in [-0.15, -0.1) is 0 Å². The molecule has 2 aromatic rings. The van der Waals surface area contributed by atoms with Gasteiger partial charge in [-0.05, 0) is 40.9 Å². The highest BCUT2D eigenvalue weighted by molar-refractivity contribution is 6.00. The lowest BCUT2D eigenvalue weighted by Gasteiger charge is -2.31. The van der Waals surface area contributed by atoms with Crippen LogP contribution in [-0.4, -0.2) is 73.6 Å². The summed E-state index contributed by atoms with van der Waals surface area (Å²) in [5, 5.41) is 14.5. The summed E-state index contributed by atoms with van der Waals surface area (Å²) in [6.07, 6.45) is 0.839. The second-order valence-corrected chi connectivity index (χ2v) is 8.56. The molecule has 1 fully saturated rings. The quantitative estimate of drug-likeness (QED) is 0.213. The molecule has 0 aliphatic carbocycles. The van der Waals surface area contributed by atoms with Crippen LogP contribution in [0.25, 0.3) is 10.4 Å². The lowest BCUT2D eigenvalue weighted by atomic mass is 9.89. The number of hydrogen-bond acceptors (Lipinski definition) is 8. The van der Waals surface area contributed by atoms with Crippen molar-refractivity contribution in [3.05, 3.63) is 75.7 Å². The number of hydrogen-bond donors (Lipinski definition) is 2. The maximum absolute atomic E-state index is 13.6. The van der Waals surface area contributed by atoms with Crippen LogP contribution < -0.4 is 10.2 Å². The first-order valence-corrected chi connectivity index (χ1v) is 11.9. The van der Waals surface area contributed by atoms with E-state index >= 15 is 0 Å². The van der Waals surface area contributed by atoms with Crippen molar-refractivity contribution in [3.63, 3.8) is 0 Å². The molecule has 0 unspecified atom stereocenters. The number of hydrazine groups is 1. The number of nitrogens with one attached hydrogen (secondary N) is 1. The van der Waals surface area contributed by atoms with E-state index in [1.165, 1.54) is 0 Å². The van der Waals surface area contributed by atoms with E-state index in [0.717, 1.165) is 16.7 Å². The number of ether oxygens (including phenoxy) is 3. The number of carbonyl (C=O) groups excluding carboxylic acids is 1. The minimum atomic E-state index is -1.20.